The summed E-state index contributed by atoms with van der Waals surface area (Å²) < 4.78 is 0. The number of nitrogens with one attached hydrogen (secondary N) is 1. The number of benzene rings is 1. The monoisotopic (exact) mass is 287 g/mol. The second kappa shape index (κ2) is 7.02. The summed E-state index contributed by atoms with van der Waals surface area (Å²) in [6, 6.07) is 7.88. The van der Waals surface area contributed by atoms with Gasteiger partial charge in [0.2, 0.25) is 0 Å². The van der Waals surface area contributed by atoms with Gasteiger partial charge in [-0.2, -0.15) is 5.10 Å². The summed E-state index contributed by atoms with van der Waals surface area (Å²) in [5, 5.41) is 3.89. The van der Waals surface area contributed by atoms with Crippen molar-refractivity contribution < 1.29 is 9.59 Å². The summed E-state index contributed by atoms with van der Waals surface area (Å²) in [6.07, 6.45) is 3.79. The summed E-state index contributed by atoms with van der Waals surface area (Å²) in [7, 11) is 0. The van der Waals surface area contributed by atoms with Crippen molar-refractivity contribution in [1.82, 2.24) is 0 Å². The molecule has 112 valence electrons. The molecular weight excluding hydrogens is 266 g/mol. The van der Waals surface area contributed by atoms with Crippen LogP contribution < -0.4 is 10.3 Å². The van der Waals surface area contributed by atoms with E-state index in [1.807, 2.05) is 24.3 Å². The van der Waals surface area contributed by atoms with E-state index in [2.05, 4.69) is 15.4 Å². The van der Waals surface area contributed by atoms with Gasteiger partial charge in [0.1, 0.15) is 0 Å². The molecule has 0 bridgehead atoms. The molecule has 1 saturated heterocycles. The zero-order valence-electron chi connectivity index (χ0n) is 12.6. The van der Waals surface area contributed by atoms with E-state index >= 15 is 0 Å². The van der Waals surface area contributed by atoms with E-state index in [0.717, 1.165) is 18.8 Å². The molecule has 1 N–H and O–H groups in total. The molecule has 1 fully saturated rings. The largest absolute Gasteiger partial charge is 0.372 e. The van der Waals surface area contributed by atoms with Gasteiger partial charge >= 0.3 is 0 Å². The van der Waals surface area contributed by atoms with Crippen LogP contribution in [0.2, 0.25) is 0 Å². The first-order chi connectivity index (χ1) is 10.1. The van der Waals surface area contributed by atoms with Gasteiger partial charge in [0, 0.05) is 32.6 Å². The van der Waals surface area contributed by atoms with Crippen molar-refractivity contribution >= 4 is 28.7 Å². The summed E-state index contributed by atoms with van der Waals surface area (Å²) in [6.45, 7) is 4.87. The van der Waals surface area contributed by atoms with Crippen LogP contribution >= 0.6 is 0 Å². The molecule has 2 rings (SSSR count). The van der Waals surface area contributed by atoms with Gasteiger partial charge < -0.3 is 4.90 Å². The predicted octanol–water partition coefficient (Wildman–Crippen LogP) is 2.62. The Hall–Kier alpha value is -2.17. The van der Waals surface area contributed by atoms with Crippen LogP contribution in [0.25, 0.3) is 0 Å². The van der Waals surface area contributed by atoms with E-state index < -0.39 is 0 Å². The van der Waals surface area contributed by atoms with Crippen LogP contribution in [-0.4, -0.2) is 30.4 Å². The number of hydrogen-bond donors (Lipinski definition) is 1. The highest BCUT2D eigenvalue weighted by molar-refractivity contribution is 6.65. The second-order valence-corrected chi connectivity index (χ2v) is 5.28. The average Bonchev–Trinajstić information content (AvgIpc) is 2.48. The highest BCUT2D eigenvalue weighted by Gasteiger charge is 2.12. The number of Topliss-reactive ketones (excluding diaryl/α,β-unsaturated/α-hetero) is 2. The van der Waals surface area contributed by atoms with Crippen molar-refractivity contribution in [2.45, 2.75) is 33.1 Å². The average molecular weight is 287 g/mol. The fourth-order valence-corrected chi connectivity index (χ4v) is 2.42. The number of hydrazone groups is 1. The van der Waals surface area contributed by atoms with Crippen molar-refractivity contribution in [3.8, 4) is 0 Å². The van der Waals surface area contributed by atoms with Gasteiger partial charge in [-0.05, 0) is 43.5 Å². The molecule has 5 heteroatoms. The van der Waals surface area contributed by atoms with E-state index in [9.17, 15) is 9.59 Å². The fourth-order valence-electron chi connectivity index (χ4n) is 2.42. The lowest BCUT2D eigenvalue weighted by Gasteiger charge is -2.28. The van der Waals surface area contributed by atoms with Crippen LogP contribution in [0, 0.1) is 0 Å². The zero-order valence-corrected chi connectivity index (χ0v) is 12.6. The molecule has 1 aromatic carbocycles. The third-order valence-corrected chi connectivity index (χ3v) is 3.55. The fraction of sp³-hybridized carbons (Fsp3) is 0.438. The normalized spacial score (nSPS) is 14.5. The molecule has 1 heterocycles. The number of carbonyl (C=O) groups excluding carboxylic acids is 2. The molecule has 0 unspecified atom stereocenters. The maximum atomic E-state index is 11.3. The molecule has 5 nitrogen and oxygen atoms in total. The second-order valence-electron chi connectivity index (χ2n) is 5.28. The van der Waals surface area contributed by atoms with Gasteiger partial charge in [-0.25, -0.2) is 0 Å². The third kappa shape index (κ3) is 4.15. The number of piperidine rings is 1. The molecule has 1 aliphatic rings. The minimum atomic E-state index is -0.333. The van der Waals surface area contributed by atoms with Crippen LogP contribution in [0.15, 0.2) is 29.4 Å². The molecule has 1 aromatic rings. The van der Waals surface area contributed by atoms with E-state index in [1.165, 1.54) is 38.8 Å². The van der Waals surface area contributed by atoms with Crippen LogP contribution in [0.5, 0.6) is 0 Å². The van der Waals surface area contributed by atoms with Gasteiger partial charge in [-0.3, -0.25) is 15.0 Å². The first-order valence-corrected chi connectivity index (χ1v) is 7.28. The van der Waals surface area contributed by atoms with Crippen LogP contribution in [0.1, 0.15) is 33.1 Å². The number of anilines is 2. The lowest BCUT2D eigenvalue weighted by atomic mass is 10.1. The Morgan fingerprint density at radius 1 is 1.00 bits per heavy atom. The highest BCUT2D eigenvalue weighted by Crippen LogP contribution is 2.21. The molecule has 0 atom stereocenters. The van der Waals surface area contributed by atoms with Crippen molar-refractivity contribution in [1.29, 1.82) is 0 Å². The van der Waals surface area contributed by atoms with E-state index in [1.54, 1.807) is 0 Å². The molecule has 0 spiro atoms. The Morgan fingerprint density at radius 3 is 2.10 bits per heavy atom. The van der Waals surface area contributed by atoms with Crippen molar-refractivity contribution in [2.75, 3.05) is 23.4 Å². The molecule has 21 heavy (non-hydrogen) atoms. The number of rotatable bonds is 5. The topological polar surface area (TPSA) is 61.8 Å². The number of nitrogens with zero attached hydrogens (tertiary/aromatic N) is 2. The summed E-state index contributed by atoms with van der Waals surface area (Å²) >= 11 is 0. The van der Waals surface area contributed by atoms with E-state index in [4.69, 9.17) is 0 Å². The summed E-state index contributed by atoms with van der Waals surface area (Å²) in [5.41, 5.74) is 4.66. The zero-order chi connectivity index (χ0) is 15.2. The highest BCUT2D eigenvalue weighted by atomic mass is 16.1. The Labute approximate surface area is 125 Å². The van der Waals surface area contributed by atoms with Crippen LogP contribution in [0.3, 0.4) is 0 Å². The van der Waals surface area contributed by atoms with Crippen molar-refractivity contribution in [3.63, 3.8) is 0 Å². The smallest absolute Gasteiger partial charge is 0.183 e. The number of carbonyl (C=O) groups is 2. The molecule has 0 aromatic heterocycles. The van der Waals surface area contributed by atoms with Crippen LogP contribution in [0.4, 0.5) is 11.4 Å². The number of hydrogen-bond acceptors (Lipinski definition) is 5. The Morgan fingerprint density at radius 2 is 1.57 bits per heavy atom. The predicted molar refractivity (Wildman–Crippen MR) is 84.9 cm³/mol. The van der Waals surface area contributed by atoms with E-state index in [0.29, 0.717) is 0 Å². The molecule has 0 radical (unpaired) electrons. The standard InChI is InChI=1S/C16H21N3O2/c1-12(20)16(13(2)21)18-17-14-6-8-15(9-7-14)19-10-4-3-5-11-19/h6-9,17H,3-5,10-11H2,1-2H3. The van der Waals surface area contributed by atoms with Gasteiger partial charge in [0.15, 0.2) is 17.3 Å². The van der Waals surface area contributed by atoms with Crippen LogP contribution in [-0.2, 0) is 9.59 Å². The minimum absolute atomic E-state index is 0.0601. The lowest BCUT2D eigenvalue weighted by Crippen LogP contribution is -2.29. The maximum Gasteiger partial charge on any atom is 0.183 e. The molecular formula is C16H21N3O2. The van der Waals surface area contributed by atoms with Crippen molar-refractivity contribution in [2.24, 2.45) is 5.10 Å². The number of ketones is 2. The van der Waals surface area contributed by atoms with Gasteiger partial charge in [0.05, 0.1) is 5.69 Å². The quantitative estimate of drug-likeness (QED) is 0.514. The first-order valence-electron chi connectivity index (χ1n) is 7.28. The molecule has 0 saturated carbocycles. The SMILES string of the molecule is CC(=O)C(=NNc1ccc(N2CCCCC2)cc1)C(C)=O. The summed E-state index contributed by atoms with van der Waals surface area (Å²) in [4.78, 5) is 24.9. The summed E-state index contributed by atoms with van der Waals surface area (Å²) in [5.74, 6) is -0.667. The first kappa shape index (κ1) is 15.2. The molecule has 1 aliphatic heterocycles. The molecule has 0 amide bonds. The lowest BCUT2D eigenvalue weighted by molar-refractivity contribution is -0.114. The molecule has 0 aliphatic carbocycles. The van der Waals surface area contributed by atoms with Crippen molar-refractivity contribution in [3.05, 3.63) is 24.3 Å². The minimum Gasteiger partial charge on any atom is -0.372 e. The Balaban J connectivity index is 2.03. The maximum absolute atomic E-state index is 11.3. The van der Waals surface area contributed by atoms with Gasteiger partial charge in [-0.1, -0.05) is 0 Å². The Bertz CT molecular complexity index is 527. The van der Waals surface area contributed by atoms with Gasteiger partial charge in [0.25, 0.3) is 0 Å². The third-order valence-electron chi connectivity index (χ3n) is 3.55. The van der Waals surface area contributed by atoms with E-state index in [-0.39, 0.29) is 17.3 Å². The van der Waals surface area contributed by atoms with Gasteiger partial charge in [-0.15, -0.1) is 0 Å². The Kier molecular flexibility index (Phi) is 5.09.